The molecule has 2 aromatic heterocycles. The number of esters is 1. The second-order valence-corrected chi connectivity index (χ2v) is 5.31. The molecule has 1 aliphatic heterocycles. The molecule has 0 N–H and O–H groups in total. The number of carbonyl (C=O) groups excluding carboxylic acids is 1. The van der Waals surface area contributed by atoms with Crippen LogP contribution in [0.15, 0.2) is 46.9 Å². The second-order valence-electron chi connectivity index (χ2n) is 5.31. The molecule has 0 saturated carbocycles. The van der Waals surface area contributed by atoms with Gasteiger partial charge < -0.3 is 18.5 Å². The van der Waals surface area contributed by atoms with Gasteiger partial charge >= 0.3 is 5.97 Å². The van der Waals surface area contributed by atoms with E-state index < -0.39 is 0 Å². The van der Waals surface area contributed by atoms with E-state index in [1.807, 2.05) is 41.0 Å². The van der Waals surface area contributed by atoms with E-state index in [0.29, 0.717) is 17.8 Å². The van der Waals surface area contributed by atoms with Crippen molar-refractivity contribution in [3.8, 4) is 11.3 Å². The Bertz CT molecular complexity index is 827. The number of aromatic nitrogens is 1. The predicted molar refractivity (Wildman–Crippen MR) is 80.7 cm³/mol. The molecule has 0 amide bonds. The summed E-state index contributed by atoms with van der Waals surface area (Å²) in [4.78, 5) is 11.9. The normalized spacial score (nSPS) is 16.9. The van der Waals surface area contributed by atoms with Crippen LogP contribution >= 0.6 is 0 Å². The summed E-state index contributed by atoms with van der Waals surface area (Å²) in [5.41, 5.74) is 3.06. The Morgan fingerprint density at radius 1 is 1.32 bits per heavy atom. The van der Waals surface area contributed by atoms with Crippen LogP contribution in [0.1, 0.15) is 10.5 Å². The van der Waals surface area contributed by atoms with E-state index in [1.54, 1.807) is 6.07 Å². The van der Waals surface area contributed by atoms with Crippen molar-refractivity contribution >= 4 is 17.1 Å². The maximum atomic E-state index is 11.9. The van der Waals surface area contributed by atoms with E-state index in [0.717, 1.165) is 23.4 Å². The Morgan fingerprint density at radius 3 is 2.77 bits per heavy atom. The number of fused-ring (bicyclic) bond motifs is 1. The molecule has 0 unspecified atom stereocenters. The molecule has 4 rings (SSSR count). The molecule has 0 bridgehead atoms. The van der Waals surface area contributed by atoms with Gasteiger partial charge in [0.05, 0.1) is 31.9 Å². The van der Waals surface area contributed by atoms with Gasteiger partial charge in [0.2, 0.25) is 0 Å². The van der Waals surface area contributed by atoms with Gasteiger partial charge in [-0.2, -0.15) is 0 Å². The lowest BCUT2D eigenvalue weighted by Crippen LogP contribution is -2.13. The van der Waals surface area contributed by atoms with Crippen molar-refractivity contribution in [1.29, 1.82) is 0 Å². The summed E-state index contributed by atoms with van der Waals surface area (Å²) in [6.45, 7) is 1.35. The number of nitrogens with zero attached hydrogens (tertiary/aromatic N) is 1. The third-order valence-electron chi connectivity index (χ3n) is 3.83. The highest BCUT2D eigenvalue weighted by molar-refractivity contribution is 5.95. The molecule has 112 valence electrons. The summed E-state index contributed by atoms with van der Waals surface area (Å²) in [5.74, 6) is 0.417. The van der Waals surface area contributed by atoms with Crippen LogP contribution in [0.25, 0.3) is 22.4 Å². The molecule has 5 nitrogen and oxygen atoms in total. The zero-order valence-electron chi connectivity index (χ0n) is 12.1. The predicted octanol–water partition coefficient (Wildman–Crippen LogP) is 3.09. The molecule has 3 heterocycles. The number of rotatable bonds is 4. The number of ether oxygens (including phenoxy) is 2. The average molecular weight is 297 g/mol. The van der Waals surface area contributed by atoms with Crippen LogP contribution < -0.4 is 0 Å². The molecular weight excluding hydrogens is 282 g/mol. The topological polar surface area (TPSA) is 56.9 Å². The smallest absolute Gasteiger partial charge is 0.354 e. The van der Waals surface area contributed by atoms with Crippen LogP contribution in [-0.2, 0) is 16.0 Å². The molecule has 0 aliphatic carbocycles. The minimum atomic E-state index is -0.367. The van der Waals surface area contributed by atoms with Gasteiger partial charge in [-0.15, -0.1) is 0 Å². The summed E-state index contributed by atoms with van der Waals surface area (Å²) < 4.78 is 18.0. The standard InChI is InChI=1S/C17H15NO4/c1-20-17(19)14-8-16-13(18(14)9-12-10-21-12)7-15(22-16)11-5-3-2-4-6-11/h2-8,12H,9-10H2,1H3/t12-/m0/s1. The SMILES string of the molecule is COC(=O)c1cc2oc(-c3ccccc3)cc2n1C[C@H]1CO1. The van der Waals surface area contributed by atoms with Crippen molar-refractivity contribution in [3.05, 3.63) is 48.2 Å². The lowest BCUT2D eigenvalue weighted by atomic mass is 10.2. The quantitative estimate of drug-likeness (QED) is 0.548. The van der Waals surface area contributed by atoms with E-state index in [1.165, 1.54) is 7.11 Å². The van der Waals surface area contributed by atoms with Crippen molar-refractivity contribution in [3.63, 3.8) is 0 Å². The Labute approximate surface area is 127 Å². The van der Waals surface area contributed by atoms with Crippen LogP contribution in [-0.4, -0.2) is 30.4 Å². The van der Waals surface area contributed by atoms with Crippen LogP contribution in [0, 0.1) is 0 Å². The van der Waals surface area contributed by atoms with Crippen LogP contribution in [0.4, 0.5) is 0 Å². The minimum absolute atomic E-state index is 0.161. The zero-order chi connectivity index (χ0) is 15.1. The van der Waals surface area contributed by atoms with E-state index in [9.17, 15) is 4.79 Å². The van der Waals surface area contributed by atoms with E-state index in [2.05, 4.69) is 0 Å². The number of furan rings is 1. The van der Waals surface area contributed by atoms with Crippen molar-refractivity contribution in [2.45, 2.75) is 12.6 Å². The van der Waals surface area contributed by atoms with Gasteiger partial charge in [-0.25, -0.2) is 4.79 Å². The number of hydrogen-bond donors (Lipinski definition) is 0. The zero-order valence-corrected chi connectivity index (χ0v) is 12.1. The first-order valence-corrected chi connectivity index (χ1v) is 7.14. The number of epoxide rings is 1. The van der Waals surface area contributed by atoms with Gasteiger partial charge in [0.15, 0.2) is 5.58 Å². The molecule has 0 radical (unpaired) electrons. The molecule has 1 aromatic carbocycles. The molecule has 1 saturated heterocycles. The highest BCUT2D eigenvalue weighted by Crippen LogP contribution is 2.31. The van der Waals surface area contributed by atoms with Gasteiger partial charge in [0, 0.05) is 17.7 Å². The second kappa shape index (κ2) is 5.03. The maximum absolute atomic E-state index is 11.9. The Morgan fingerprint density at radius 2 is 2.09 bits per heavy atom. The van der Waals surface area contributed by atoms with Crippen molar-refractivity contribution < 1.29 is 18.7 Å². The van der Waals surface area contributed by atoms with Crippen LogP contribution in [0.5, 0.6) is 0 Å². The van der Waals surface area contributed by atoms with Crippen molar-refractivity contribution in [1.82, 2.24) is 4.57 Å². The van der Waals surface area contributed by atoms with E-state index >= 15 is 0 Å². The first kappa shape index (κ1) is 13.2. The van der Waals surface area contributed by atoms with Gasteiger partial charge in [0.25, 0.3) is 0 Å². The molecule has 1 atom stereocenters. The molecule has 1 aliphatic rings. The third kappa shape index (κ3) is 2.19. The molecule has 1 fully saturated rings. The van der Waals surface area contributed by atoms with Crippen molar-refractivity contribution in [2.24, 2.45) is 0 Å². The fraction of sp³-hybridized carbons (Fsp3) is 0.235. The number of carbonyl (C=O) groups is 1. The van der Waals surface area contributed by atoms with Crippen LogP contribution in [0.3, 0.4) is 0 Å². The van der Waals surface area contributed by atoms with Gasteiger partial charge in [-0.05, 0) is 0 Å². The van der Waals surface area contributed by atoms with Crippen LogP contribution in [0.2, 0.25) is 0 Å². The molecule has 5 heteroatoms. The first-order chi connectivity index (χ1) is 10.8. The van der Waals surface area contributed by atoms with Gasteiger partial charge in [-0.1, -0.05) is 30.3 Å². The molecule has 22 heavy (non-hydrogen) atoms. The maximum Gasteiger partial charge on any atom is 0.354 e. The lowest BCUT2D eigenvalue weighted by molar-refractivity contribution is 0.0588. The minimum Gasteiger partial charge on any atom is -0.464 e. The lowest BCUT2D eigenvalue weighted by Gasteiger charge is -2.06. The molecule has 0 spiro atoms. The fourth-order valence-electron chi connectivity index (χ4n) is 2.63. The highest BCUT2D eigenvalue weighted by atomic mass is 16.6. The van der Waals surface area contributed by atoms with Gasteiger partial charge in [0.1, 0.15) is 11.5 Å². The fourth-order valence-corrected chi connectivity index (χ4v) is 2.63. The summed E-state index contributed by atoms with van der Waals surface area (Å²) in [6, 6.07) is 13.6. The van der Waals surface area contributed by atoms with Crippen molar-refractivity contribution in [2.75, 3.05) is 13.7 Å². The Hall–Kier alpha value is -2.53. The third-order valence-corrected chi connectivity index (χ3v) is 3.83. The average Bonchev–Trinajstić information content (AvgIpc) is 3.18. The summed E-state index contributed by atoms with van der Waals surface area (Å²) >= 11 is 0. The Balaban J connectivity index is 1.82. The first-order valence-electron chi connectivity index (χ1n) is 7.14. The highest BCUT2D eigenvalue weighted by Gasteiger charge is 2.28. The van der Waals surface area contributed by atoms with E-state index in [-0.39, 0.29) is 12.1 Å². The Kier molecular flexibility index (Phi) is 3.01. The van der Waals surface area contributed by atoms with E-state index in [4.69, 9.17) is 13.9 Å². The number of benzene rings is 1. The van der Waals surface area contributed by atoms with Gasteiger partial charge in [-0.3, -0.25) is 0 Å². The number of hydrogen-bond acceptors (Lipinski definition) is 4. The monoisotopic (exact) mass is 297 g/mol. The largest absolute Gasteiger partial charge is 0.464 e. The molecular formula is C17H15NO4. The molecule has 3 aromatic rings. The summed E-state index contributed by atoms with van der Waals surface area (Å²) in [7, 11) is 1.38. The summed E-state index contributed by atoms with van der Waals surface area (Å²) in [5, 5.41) is 0. The summed E-state index contributed by atoms with van der Waals surface area (Å²) in [6.07, 6.45) is 0.161. The number of methoxy groups -OCH3 is 1.